The molecule has 1 aliphatic heterocycles. The van der Waals surface area contributed by atoms with E-state index in [-0.39, 0.29) is 18.1 Å². The minimum Gasteiger partial charge on any atom is -0.471 e. The van der Waals surface area contributed by atoms with Crippen molar-refractivity contribution in [1.82, 2.24) is 19.7 Å². The lowest BCUT2D eigenvalue weighted by Gasteiger charge is -2.28. The number of aryl methyl sites for hydroxylation is 2. The Morgan fingerprint density at radius 2 is 2.03 bits per heavy atom. The topological polar surface area (TPSA) is 60.3 Å². The molecule has 6 nitrogen and oxygen atoms in total. The number of pyridine rings is 1. The van der Waals surface area contributed by atoms with Crippen LogP contribution in [0.3, 0.4) is 0 Å². The zero-order valence-corrected chi connectivity index (χ0v) is 16.2. The highest BCUT2D eigenvalue weighted by Gasteiger charge is 2.28. The van der Waals surface area contributed by atoms with Crippen molar-refractivity contribution >= 4 is 5.91 Å². The van der Waals surface area contributed by atoms with Crippen LogP contribution in [0.25, 0.3) is 0 Å². The third kappa shape index (κ3) is 3.83. The van der Waals surface area contributed by atoms with Gasteiger partial charge in [0.1, 0.15) is 12.3 Å². The third-order valence-electron chi connectivity index (χ3n) is 5.03. The number of hydrogen-bond donors (Lipinski definition) is 0. The van der Waals surface area contributed by atoms with Gasteiger partial charge in [0, 0.05) is 55.6 Å². The zero-order valence-electron chi connectivity index (χ0n) is 16.2. The third-order valence-corrected chi connectivity index (χ3v) is 5.03. The molecule has 0 saturated heterocycles. The largest absolute Gasteiger partial charge is 0.471 e. The molecule has 0 spiro atoms. The van der Waals surface area contributed by atoms with Crippen molar-refractivity contribution in [3.8, 4) is 5.88 Å². The normalized spacial score (nSPS) is 13.3. The summed E-state index contributed by atoms with van der Waals surface area (Å²) in [6.07, 6.45) is 2.30. The molecule has 4 rings (SSSR count). The summed E-state index contributed by atoms with van der Waals surface area (Å²) in [7, 11) is 1.86. The van der Waals surface area contributed by atoms with Gasteiger partial charge in [0.15, 0.2) is 11.6 Å². The van der Waals surface area contributed by atoms with Gasteiger partial charge in [-0.05, 0) is 36.8 Å². The summed E-state index contributed by atoms with van der Waals surface area (Å²) in [6, 6.07) is 6.93. The van der Waals surface area contributed by atoms with E-state index in [1.54, 1.807) is 15.8 Å². The van der Waals surface area contributed by atoms with Crippen LogP contribution in [0.15, 0.2) is 36.5 Å². The maximum absolute atomic E-state index is 13.5. The van der Waals surface area contributed by atoms with E-state index < -0.39 is 11.6 Å². The summed E-state index contributed by atoms with van der Waals surface area (Å²) in [5, 5.41) is 4.54. The summed E-state index contributed by atoms with van der Waals surface area (Å²) in [5.41, 5.74) is 3.85. The van der Waals surface area contributed by atoms with Gasteiger partial charge in [0.05, 0.1) is 0 Å². The van der Waals surface area contributed by atoms with Crippen molar-refractivity contribution in [1.29, 1.82) is 0 Å². The van der Waals surface area contributed by atoms with Crippen LogP contribution in [0, 0.1) is 18.6 Å². The molecular weight excluding hydrogens is 378 g/mol. The molecule has 1 aliphatic rings. The molecule has 150 valence electrons. The first-order valence-corrected chi connectivity index (χ1v) is 9.26. The molecule has 0 fully saturated rings. The number of aromatic nitrogens is 3. The Hall–Kier alpha value is -3.29. The van der Waals surface area contributed by atoms with Crippen LogP contribution in [-0.4, -0.2) is 32.1 Å². The first-order valence-electron chi connectivity index (χ1n) is 9.26. The Morgan fingerprint density at radius 1 is 1.21 bits per heavy atom. The van der Waals surface area contributed by atoms with Crippen molar-refractivity contribution in [2.45, 2.75) is 26.5 Å². The number of rotatable bonds is 4. The van der Waals surface area contributed by atoms with Gasteiger partial charge in [-0.3, -0.25) is 9.48 Å². The standard InChI is InChI=1S/C21H20F2N4O2/c1-13-5-7-24-20(9-13)29-12-18-15-11-27(8-6-19(15)26(2)25-18)21(28)14-3-4-16(22)17(23)10-14/h3-5,7,9-10H,6,8,11-12H2,1-2H3. The van der Waals surface area contributed by atoms with Crippen molar-refractivity contribution in [3.63, 3.8) is 0 Å². The summed E-state index contributed by atoms with van der Waals surface area (Å²) >= 11 is 0. The van der Waals surface area contributed by atoms with E-state index in [2.05, 4.69) is 10.1 Å². The number of amides is 1. The van der Waals surface area contributed by atoms with E-state index >= 15 is 0 Å². The fraction of sp³-hybridized carbons (Fsp3) is 0.286. The first-order chi connectivity index (χ1) is 13.9. The van der Waals surface area contributed by atoms with Crippen molar-refractivity contribution < 1.29 is 18.3 Å². The van der Waals surface area contributed by atoms with E-state index in [9.17, 15) is 13.6 Å². The number of carbonyl (C=O) groups excluding carboxylic acids is 1. The molecule has 2 aromatic heterocycles. The molecule has 0 radical (unpaired) electrons. The maximum atomic E-state index is 13.5. The molecule has 0 N–H and O–H groups in total. The van der Waals surface area contributed by atoms with E-state index in [0.29, 0.717) is 25.4 Å². The molecule has 8 heteroatoms. The molecule has 0 bridgehead atoms. The molecule has 0 atom stereocenters. The Labute approximate surface area is 166 Å². The molecule has 0 aliphatic carbocycles. The zero-order chi connectivity index (χ0) is 20.5. The lowest BCUT2D eigenvalue weighted by atomic mass is 10.0. The minimum atomic E-state index is -1.03. The minimum absolute atomic E-state index is 0.123. The Morgan fingerprint density at radius 3 is 2.79 bits per heavy atom. The van der Waals surface area contributed by atoms with Crippen LogP contribution in [0.2, 0.25) is 0 Å². The second-order valence-corrected chi connectivity index (χ2v) is 7.06. The molecule has 0 unspecified atom stereocenters. The average molecular weight is 398 g/mol. The Balaban J connectivity index is 1.53. The van der Waals surface area contributed by atoms with Crippen molar-refractivity contribution in [3.05, 3.63) is 76.2 Å². The second-order valence-electron chi connectivity index (χ2n) is 7.06. The number of nitrogens with zero attached hydrogens (tertiary/aromatic N) is 4. The number of hydrogen-bond acceptors (Lipinski definition) is 4. The van der Waals surface area contributed by atoms with Gasteiger partial charge in [-0.1, -0.05) is 0 Å². The SMILES string of the molecule is Cc1ccnc(OCc2nn(C)c3c2CN(C(=O)c2ccc(F)c(F)c2)CC3)c1. The first kappa shape index (κ1) is 19.0. The van der Waals surface area contributed by atoms with Crippen LogP contribution in [-0.2, 0) is 26.6 Å². The van der Waals surface area contributed by atoms with Gasteiger partial charge in [-0.25, -0.2) is 13.8 Å². The number of halogens is 2. The van der Waals surface area contributed by atoms with E-state index in [0.717, 1.165) is 34.6 Å². The molecule has 3 aromatic rings. The van der Waals surface area contributed by atoms with Gasteiger partial charge in [-0.2, -0.15) is 5.10 Å². The lowest BCUT2D eigenvalue weighted by Crippen LogP contribution is -2.36. The van der Waals surface area contributed by atoms with Gasteiger partial charge in [0.25, 0.3) is 5.91 Å². The van der Waals surface area contributed by atoms with Gasteiger partial charge < -0.3 is 9.64 Å². The van der Waals surface area contributed by atoms with E-state index in [1.165, 1.54) is 6.07 Å². The second kappa shape index (κ2) is 7.62. The smallest absolute Gasteiger partial charge is 0.254 e. The van der Waals surface area contributed by atoms with Crippen LogP contribution in [0.1, 0.15) is 32.9 Å². The summed E-state index contributed by atoms with van der Waals surface area (Å²) < 4.78 is 34.3. The van der Waals surface area contributed by atoms with Crippen molar-refractivity contribution in [2.75, 3.05) is 6.54 Å². The molecule has 0 saturated carbocycles. The highest BCUT2D eigenvalue weighted by molar-refractivity contribution is 5.94. The highest BCUT2D eigenvalue weighted by atomic mass is 19.2. The van der Waals surface area contributed by atoms with Crippen molar-refractivity contribution in [2.24, 2.45) is 7.05 Å². The average Bonchev–Trinajstić information content (AvgIpc) is 3.03. The van der Waals surface area contributed by atoms with E-state index in [1.807, 2.05) is 26.1 Å². The Kier molecular flexibility index (Phi) is 5.00. The summed E-state index contributed by atoms with van der Waals surface area (Å²) in [6.45, 7) is 3.00. The molecule has 1 amide bonds. The van der Waals surface area contributed by atoms with Gasteiger partial charge >= 0.3 is 0 Å². The maximum Gasteiger partial charge on any atom is 0.254 e. The molecule has 29 heavy (non-hydrogen) atoms. The van der Waals surface area contributed by atoms with Crippen LogP contribution in [0.4, 0.5) is 8.78 Å². The molecular formula is C21H20F2N4O2. The fourth-order valence-corrected chi connectivity index (χ4v) is 3.50. The molecule has 3 heterocycles. The Bertz CT molecular complexity index is 1080. The predicted octanol–water partition coefficient (Wildman–Crippen LogP) is 3.18. The number of fused-ring (bicyclic) bond motifs is 1. The van der Waals surface area contributed by atoms with Crippen LogP contribution >= 0.6 is 0 Å². The predicted molar refractivity (Wildman–Crippen MR) is 101 cm³/mol. The summed E-state index contributed by atoms with van der Waals surface area (Å²) in [4.78, 5) is 18.6. The number of ether oxygens (including phenoxy) is 1. The van der Waals surface area contributed by atoms with Crippen LogP contribution in [0.5, 0.6) is 5.88 Å². The molecule has 1 aromatic carbocycles. The van der Waals surface area contributed by atoms with Crippen LogP contribution < -0.4 is 4.74 Å². The van der Waals surface area contributed by atoms with Gasteiger partial charge in [-0.15, -0.1) is 0 Å². The van der Waals surface area contributed by atoms with E-state index in [4.69, 9.17) is 4.74 Å². The monoisotopic (exact) mass is 398 g/mol. The number of benzene rings is 1. The quantitative estimate of drug-likeness (QED) is 0.677. The number of carbonyl (C=O) groups is 1. The fourth-order valence-electron chi connectivity index (χ4n) is 3.50. The summed E-state index contributed by atoms with van der Waals surface area (Å²) in [5.74, 6) is -1.84. The lowest BCUT2D eigenvalue weighted by molar-refractivity contribution is 0.0731. The van der Waals surface area contributed by atoms with Gasteiger partial charge in [0.2, 0.25) is 5.88 Å². The highest BCUT2D eigenvalue weighted by Crippen LogP contribution is 2.25.